The summed E-state index contributed by atoms with van der Waals surface area (Å²) in [6, 6.07) is 0. The van der Waals surface area contributed by atoms with E-state index in [0.29, 0.717) is 26.4 Å². The standard InChI is InChI=1S/C10H19F3O3/c1-2-4-14-6-8-16-9-7-15-5-3-10(11,12)13/h2-9H2,1H3. The van der Waals surface area contributed by atoms with E-state index in [2.05, 4.69) is 0 Å². The molecule has 0 radical (unpaired) electrons. The van der Waals surface area contributed by atoms with Gasteiger partial charge in [-0.1, -0.05) is 6.92 Å². The Balaban J connectivity index is 2.99. The second-order valence-electron chi connectivity index (χ2n) is 3.20. The fourth-order valence-corrected chi connectivity index (χ4v) is 0.874. The highest BCUT2D eigenvalue weighted by Gasteiger charge is 2.26. The first-order valence-electron chi connectivity index (χ1n) is 5.36. The Morgan fingerprint density at radius 1 is 0.750 bits per heavy atom. The van der Waals surface area contributed by atoms with Crippen LogP contribution in [0.5, 0.6) is 0 Å². The van der Waals surface area contributed by atoms with Crippen molar-refractivity contribution in [1.29, 1.82) is 0 Å². The van der Waals surface area contributed by atoms with Gasteiger partial charge in [0.05, 0.1) is 39.5 Å². The van der Waals surface area contributed by atoms with E-state index in [0.717, 1.165) is 6.42 Å². The number of hydrogen-bond donors (Lipinski definition) is 0. The van der Waals surface area contributed by atoms with E-state index in [1.807, 2.05) is 6.92 Å². The van der Waals surface area contributed by atoms with Crippen molar-refractivity contribution >= 4 is 0 Å². The summed E-state index contributed by atoms with van der Waals surface area (Å²) in [4.78, 5) is 0. The number of alkyl halides is 3. The topological polar surface area (TPSA) is 27.7 Å². The Labute approximate surface area is 93.9 Å². The van der Waals surface area contributed by atoms with Crippen LogP contribution in [0.3, 0.4) is 0 Å². The van der Waals surface area contributed by atoms with Crippen molar-refractivity contribution in [2.24, 2.45) is 0 Å². The van der Waals surface area contributed by atoms with Crippen molar-refractivity contribution in [3.05, 3.63) is 0 Å². The maximum absolute atomic E-state index is 11.7. The summed E-state index contributed by atoms with van der Waals surface area (Å²) < 4.78 is 50.0. The molecule has 0 saturated heterocycles. The molecule has 3 nitrogen and oxygen atoms in total. The van der Waals surface area contributed by atoms with Crippen LogP contribution in [0.25, 0.3) is 0 Å². The van der Waals surface area contributed by atoms with Crippen LogP contribution < -0.4 is 0 Å². The summed E-state index contributed by atoms with van der Waals surface area (Å²) >= 11 is 0. The van der Waals surface area contributed by atoms with E-state index in [-0.39, 0.29) is 13.2 Å². The molecule has 16 heavy (non-hydrogen) atoms. The summed E-state index contributed by atoms with van der Waals surface area (Å²) in [5, 5.41) is 0. The Morgan fingerprint density at radius 3 is 1.62 bits per heavy atom. The van der Waals surface area contributed by atoms with Crippen LogP contribution in [-0.2, 0) is 14.2 Å². The zero-order valence-corrected chi connectivity index (χ0v) is 9.52. The van der Waals surface area contributed by atoms with Gasteiger partial charge in [0.25, 0.3) is 0 Å². The molecule has 0 aromatic heterocycles. The van der Waals surface area contributed by atoms with Gasteiger partial charge in [-0.2, -0.15) is 13.2 Å². The number of ether oxygens (including phenoxy) is 3. The molecule has 0 rings (SSSR count). The SMILES string of the molecule is CCCOCCOCCOCCC(F)(F)F. The summed E-state index contributed by atoms with van der Waals surface area (Å²) in [5.41, 5.74) is 0. The van der Waals surface area contributed by atoms with Gasteiger partial charge in [0.2, 0.25) is 0 Å². The first-order chi connectivity index (χ1) is 7.56. The largest absolute Gasteiger partial charge is 0.391 e. The van der Waals surface area contributed by atoms with Gasteiger partial charge < -0.3 is 14.2 Å². The van der Waals surface area contributed by atoms with Crippen molar-refractivity contribution in [1.82, 2.24) is 0 Å². The maximum Gasteiger partial charge on any atom is 0.391 e. The molecule has 98 valence electrons. The predicted octanol–water partition coefficient (Wildman–Crippen LogP) is 2.40. The fraction of sp³-hybridized carbons (Fsp3) is 1.00. The van der Waals surface area contributed by atoms with Crippen LogP contribution in [0.4, 0.5) is 13.2 Å². The molecule has 0 heterocycles. The molecule has 0 saturated carbocycles. The molecule has 0 aliphatic rings. The van der Waals surface area contributed by atoms with Crippen LogP contribution in [0, 0.1) is 0 Å². The normalized spacial score (nSPS) is 12.0. The molecule has 0 aliphatic heterocycles. The molecule has 0 bridgehead atoms. The lowest BCUT2D eigenvalue weighted by Crippen LogP contribution is -2.14. The van der Waals surface area contributed by atoms with E-state index in [4.69, 9.17) is 14.2 Å². The second kappa shape index (κ2) is 9.86. The first-order valence-corrected chi connectivity index (χ1v) is 5.36. The van der Waals surface area contributed by atoms with Gasteiger partial charge in [-0.15, -0.1) is 0 Å². The molecule has 6 heteroatoms. The molecule has 0 unspecified atom stereocenters. The van der Waals surface area contributed by atoms with Gasteiger partial charge in [0.1, 0.15) is 0 Å². The first kappa shape index (κ1) is 15.7. The molecular weight excluding hydrogens is 225 g/mol. The predicted molar refractivity (Wildman–Crippen MR) is 53.4 cm³/mol. The maximum atomic E-state index is 11.7. The monoisotopic (exact) mass is 244 g/mol. The third-order valence-corrected chi connectivity index (χ3v) is 1.62. The van der Waals surface area contributed by atoms with E-state index in [1.165, 1.54) is 0 Å². The van der Waals surface area contributed by atoms with Crippen LogP contribution in [0.1, 0.15) is 19.8 Å². The Morgan fingerprint density at radius 2 is 1.19 bits per heavy atom. The zero-order chi connectivity index (χ0) is 12.3. The highest BCUT2D eigenvalue weighted by atomic mass is 19.4. The zero-order valence-electron chi connectivity index (χ0n) is 9.52. The van der Waals surface area contributed by atoms with Crippen LogP contribution in [0.15, 0.2) is 0 Å². The third kappa shape index (κ3) is 13.7. The van der Waals surface area contributed by atoms with Gasteiger partial charge in [0.15, 0.2) is 0 Å². The molecule has 0 aliphatic carbocycles. The van der Waals surface area contributed by atoms with E-state index in [1.54, 1.807) is 0 Å². The van der Waals surface area contributed by atoms with Crippen molar-refractivity contribution in [3.8, 4) is 0 Å². The highest BCUT2D eigenvalue weighted by Crippen LogP contribution is 2.18. The second-order valence-corrected chi connectivity index (χ2v) is 3.20. The quantitative estimate of drug-likeness (QED) is 0.552. The van der Waals surface area contributed by atoms with E-state index < -0.39 is 12.6 Å². The van der Waals surface area contributed by atoms with Gasteiger partial charge in [0, 0.05) is 6.61 Å². The summed E-state index contributed by atoms with van der Waals surface area (Å²) in [6.45, 7) is 3.84. The number of halogens is 3. The van der Waals surface area contributed by atoms with Crippen molar-refractivity contribution < 1.29 is 27.4 Å². The van der Waals surface area contributed by atoms with Gasteiger partial charge in [-0.25, -0.2) is 0 Å². The van der Waals surface area contributed by atoms with Gasteiger partial charge >= 0.3 is 6.18 Å². The van der Waals surface area contributed by atoms with Crippen molar-refractivity contribution in [2.45, 2.75) is 25.9 Å². The Bertz CT molecular complexity index is 151. The molecule has 0 atom stereocenters. The third-order valence-electron chi connectivity index (χ3n) is 1.62. The summed E-state index contributed by atoms with van der Waals surface area (Å²) in [7, 11) is 0. The van der Waals surface area contributed by atoms with Crippen LogP contribution >= 0.6 is 0 Å². The minimum Gasteiger partial charge on any atom is -0.379 e. The molecule has 0 amide bonds. The van der Waals surface area contributed by atoms with Gasteiger partial charge in [-0.3, -0.25) is 0 Å². The molecule has 0 aromatic rings. The van der Waals surface area contributed by atoms with Crippen LogP contribution in [-0.4, -0.2) is 45.8 Å². The minimum atomic E-state index is -4.14. The Kier molecular flexibility index (Phi) is 9.66. The lowest BCUT2D eigenvalue weighted by atomic mass is 10.4. The highest BCUT2D eigenvalue weighted by molar-refractivity contribution is 4.47. The summed E-state index contributed by atoms with van der Waals surface area (Å²) in [5.74, 6) is 0. The molecular formula is C10H19F3O3. The molecule has 0 N–H and O–H groups in total. The van der Waals surface area contributed by atoms with Crippen molar-refractivity contribution in [3.63, 3.8) is 0 Å². The molecule has 0 spiro atoms. The summed E-state index contributed by atoms with van der Waals surface area (Å²) in [6.07, 6.45) is -4.10. The Hall–Kier alpha value is -0.330. The van der Waals surface area contributed by atoms with Crippen molar-refractivity contribution in [2.75, 3.05) is 39.6 Å². The van der Waals surface area contributed by atoms with Crippen LogP contribution in [0.2, 0.25) is 0 Å². The van der Waals surface area contributed by atoms with Gasteiger partial charge in [-0.05, 0) is 6.42 Å². The lowest BCUT2D eigenvalue weighted by molar-refractivity contribution is -0.146. The molecule has 0 aromatic carbocycles. The smallest absolute Gasteiger partial charge is 0.379 e. The number of rotatable bonds is 10. The van der Waals surface area contributed by atoms with E-state index in [9.17, 15) is 13.2 Å². The lowest BCUT2D eigenvalue weighted by Gasteiger charge is -2.07. The fourth-order valence-electron chi connectivity index (χ4n) is 0.874. The number of hydrogen-bond acceptors (Lipinski definition) is 3. The average Bonchev–Trinajstić information content (AvgIpc) is 2.19. The average molecular weight is 244 g/mol. The molecule has 0 fully saturated rings. The minimum absolute atomic E-state index is 0.184. The van der Waals surface area contributed by atoms with E-state index >= 15 is 0 Å².